The van der Waals surface area contributed by atoms with E-state index in [1.165, 1.54) is 12.1 Å². The van der Waals surface area contributed by atoms with Gasteiger partial charge in [-0.05, 0) is 30.4 Å². The molecule has 8 heteroatoms. The van der Waals surface area contributed by atoms with E-state index in [1.807, 2.05) is 12.1 Å². The predicted molar refractivity (Wildman–Crippen MR) is 91.0 cm³/mol. The molecule has 8 nitrogen and oxygen atoms in total. The zero-order valence-electron chi connectivity index (χ0n) is 13.1. The smallest absolute Gasteiger partial charge is 0.433 e. The molecule has 0 amide bonds. The molecule has 0 fully saturated rings. The highest BCUT2D eigenvalue weighted by Gasteiger charge is 2.09. The van der Waals surface area contributed by atoms with E-state index in [-0.39, 0.29) is 11.6 Å². The van der Waals surface area contributed by atoms with E-state index in [4.69, 9.17) is 14.3 Å². The van der Waals surface area contributed by atoms with E-state index in [0.29, 0.717) is 17.0 Å². The summed E-state index contributed by atoms with van der Waals surface area (Å²) in [4.78, 5) is 23.2. The average Bonchev–Trinajstić information content (AvgIpc) is 3.02. The van der Waals surface area contributed by atoms with Crippen LogP contribution in [-0.2, 0) is 4.79 Å². The van der Waals surface area contributed by atoms with Crippen molar-refractivity contribution in [3.05, 3.63) is 64.0 Å². The van der Waals surface area contributed by atoms with Crippen molar-refractivity contribution in [3.8, 4) is 5.75 Å². The Bertz CT molecular complexity index is 941. The van der Waals surface area contributed by atoms with Crippen molar-refractivity contribution >= 4 is 34.9 Å². The highest BCUT2D eigenvalue weighted by atomic mass is 16.6. The van der Waals surface area contributed by atoms with Crippen molar-refractivity contribution in [3.63, 3.8) is 0 Å². The summed E-state index contributed by atoms with van der Waals surface area (Å²) < 4.78 is 5.01. The van der Waals surface area contributed by atoms with Gasteiger partial charge in [0.05, 0.1) is 11.8 Å². The van der Waals surface area contributed by atoms with E-state index in [1.54, 1.807) is 30.4 Å². The van der Waals surface area contributed by atoms with Crippen LogP contribution in [0, 0.1) is 10.1 Å². The lowest BCUT2D eigenvalue weighted by Crippen LogP contribution is -1.83. The molecule has 0 radical (unpaired) electrons. The Morgan fingerprint density at radius 1 is 1.20 bits per heavy atom. The number of carbonyl (C=O) groups is 1. The van der Waals surface area contributed by atoms with Crippen LogP contribution in [-0.4, -0.2) is 26.1 Å². The van der Waals surface area contributed by atoms with Gasteiger partial charge in [0.15, 0.2) is 0 Å². The summed E-state index contributed by atoms with van der Waals surface area (Å²) in [5.41, 5.74) is 1.12. The summed E-state index contributed by atoms with van der Waals surface area (Å²) in [6.45, 7) is 1.08. The highest BCUT2D eigenvalue weighted by molar-refractivity contribution is 5.85. The van der Waals surface area contributed by atoms with Crippen LogP contribution < -0.4 is 0 Å². The largest absolute Gasteiger partial charge is 0.506 e. The van der Waals surface area contributed by atoms with Gasteiger partial charge in [-0.15, -0.1) is 0 Å². The number of aromatic hydroxyl groups is 1. The molecule has 3 rings (SSSR count). The first-order valence-corrected chi connectivity index (χ1v) is 7.07. The molecular weight excluding hydrogens is 328 g/mol. The SMILES string of the molecule is CC(=O)O.O=[N+]([O-])c1ccc(C=Cc2ccc3cccc(O)c3n2)o1. The Hall–Kier alpha value is -3.68. The quantitative estimate of drug-likeness (QED) is 0.548. The number of phenolic OH excluding ortho intramolecular Hbond substituents is 1. The number of aromatic nitrogens is 1. The minimum Gasteiger partial charge on any atom is -0.506 e. The number of nitro groups is 1. The molecule has 2 heterocycles. The van der Waals surface area contributed by atoms with Crippen molar-refractivity contribution in [2.75, 3.05) is 0 Å². The molecular formula is C17H14N2O6. The molecule has 0 aliphatic rings. The lowest BCUT2D eigenvalue weighted by Gasteiger charge is -2.00. The Labute approximate surface area is 141 Å². The Kier molecular flexibility index (Phi) is 5.47. The second-order valence-corrected chi connectivity index (χ2v) is 4.87. The molecule has 25 heavy (non-hydrogen) atoms. The summed E-state index contributed by atoms with van der Waals surface area (Å²) in [6.07, 6.45) is 3.25. The highest BCUT2D eigenvalue weighted by Crippen LogP contribution is 2.23. The minimum absolute atomic E-state index is 0.108. The summed E-state index contributed by atoms with van der Waals surface area (Å²) in [5, 5.41) is 28.5. The van der Waals surface area contributed by atoms with Crippen LogP contribution in [0.4, 0.5) is 5.88 Å². The second-order valence-electron chi connectivity index (χ2n) is 4.87. The maximum Gasteiger partial charge on any atom is 0.433 e. The number of hydrogen-bond acceptors (Lipinski definition) is 6. The van der Waals surface area contributed by atoms with Crippen LogP contribution >= 0.6 is 0 Å². The van der Waals surface area contributed by atoms with Crippen molar-refractivity contribution in [2.45, 2.75) is 6.92 Å². The molecule has 1 aromatic carbocycles. The van der Waals surface area contributed by atoms with Crippen LogP contribution in [0.2, 0.25) is 0 Å². The third-order valence-electron chi connectivity index (χ3n) is 2.93. The molecule has 0 bridgehead atoms. The van der Waals surface area contributed by atoms with Gasteiger partial charge in [-0.2, -0.15) is 0 Å². The Morgan fingerprint density at radius 2 is 1.92 bits per heavy atom. The summed E-state index contributed by atoms with van der Waals surface area (Å²) >= 11 is 0. The van der Waals surface area contributed by atoms with Gasteiger partial charge in [-0.25, -0.2) is 4.98 Å². The van der Waals surface area contributed by atoms with Crippen LogP contribution in [0.1, 0.15) is 18.4 Å². The fourth-order valence-electron chi connectivity index (χ4n) is 1.94. The molecule has 0 spiro atoms. The number of carboxylic acid groups (broad SMARTS) is 1. The Morgan fingerprint density at radius 3 is 2.56 bits per heavy atom. The van der Waals surface area contributed by atoms with E-state index in [2.05, 4.69) is 4.98 Å². The first kappa shape index (κ1) is 17.7. The normalized spacial score (nSPS) is 10.4. The van der Waals surface area contributed by atoms with Gasteiger partial charge in [0.1, 0.15) is 21.9 Å². The number of fused-ring (bicyclic) bond motifs is 1. The number of carboxylic acids is 1. The topological polar surface area (TPSA) is 127 Å². The van der Waals surface area contributed by atoms with Crippen LogP contribution in [0.3, 0.4) is 0 Å². The minimum atomic E-state index is -0.833. The molecule has 0 aliphatic heterocycles. The number of aliphatic carboxylic acids is 1. The van der Waals surface area contributed by atoms with Crippen molar-refractivity contribution in [1.29, 1.82) is 0 Å². The molecule has 0 saturated carbocycles. The number of nitrogens with zero attached hydrogens (tertiary/aromatic N) is 2. The van der Waals surface area contributed by atoms with Gasteiger partial charge in [0, 0.05) is 12.3 Å². The lowest BCUT2D eigenvalue weighted by atomic mass is 10.2. The molecule has 3 aromatic rings. The third-order valence-corrected chi connectivity index (χ3v) is 2.93. The van der Waals surface area contributed by atoms with Crippen molar-refractivity contribution in [2.24, 2.45) is 0 Å². The van der Waals surface area contributed by atoms with E-state index < -0.39 is 10.9 Å². The van der Waals surface area contributed by atoms with Crippen LogP contribution in [0.5, 0.6) is 5.75 Å². The maximum atomic E-state index is 10.5. The zero-order valence-corrected chi connectivity index (χ0v) is 13.1. The van der Waals surface area contributed by atoms with Gasteiger partial charge < -0.3 is 14.6 Å². The van der Waals surface area contributed by atoms with Gasteiger partial charge in [-0.1, -0.05) is 18.2 Å². The molecule has 2 aromatic heterocycles. The molecule has 0 unspecified atom stereocenters. The van der Waals surface area contributed by atoms with Gasteiger partial charge >= 0.3 is 5.88 Å². The molecule has 0 atom stereocenters. The monoisotopic (exact) mass is 342 g/mol. The van der Waals surface area contributed by atoms with E-state index in [9.17, 15) is 15.2 Å². The number of hydrogen-bond donors (Lipinski definition) is 2. The van der Waals surface area contributed by atoms with Gasteiger partial charge in [0.2, 0.25) is 0 Å². The average molecular weight is 342 g/mol. The molecule has 2 N–H and O–H groups in total. The predicted octanol–water partition coefficient (Wildman–Crippen LogP) is 3.70. The number of furan rings is 1. The first-order valence-electron chi connectivity index (χ1n) is 7.07. The molecule has 0 saturated heterocycles. The maximum absolute atomic E-state index is 10.5. The van der Waals surface area contributed by atoms with E-state index in [0.717, 1.165) is 12.3 Å². The van der Waals surface area contributed by atoms with Crippen LogP contribution in [0.25, 0.3) is 23.1 Å². The number of phenols is 1. The lowest BCUT2D eigenvalue weighted by molar-refractivity contribution is -0.402. The summed E-state index contributed by atoms with van der Waals surface area (Å²) in [5.74, 6) is -0.670. The standard InChI is InChI=1S/C15H10N2O4.C2H4O2/c18-13-3-1-2-10-4-5-11(16-15(10)13)6-7-12-8-9-14(21-12)17(19)20;1-2(3)4/h1-9,18H;1H3,(H,3,4). The number of benzene rings is 1. The number of para-hydroxylation sites is 1. The summed E-state index contributed by atoms with van der Waals surface area (Å²) in [6, 6.07) is 11.6. The fraction of sp³-hybridized carbons (Fsp3) is 0.0588. The Balaban J connectivity index is 0.000000511. The first-order chi connectivity index (χ1) is 11.9. The van der Waals surface area contributed by atoms with E-state index >= 15 is 0 Å². The zero-order chi connectivity index (χ0) is 18.4. The third kappa shape index (κ3) is 4.90. The van der Waals surface area contributed by atoms with Gasteiger partial charge in [-0.3, -0.25) is 14.9 Å². The number of rotatable bonds is 3. The molecule has 0 aliphatic carbocycles. The fourth-order valence-corrected chi connectivity index (χ4v) is 1.94. The molecule has 128 valence electrons. The second kappa shape index (κ2) is 7.73. The van der Waals surface area contributed by atoms with Crippen molar-refractivity contribution in [1.82, 2.24) is 4.98 Å². The summed E-state index contributed by atoms with van der Waals surface area (Å²) in [7, 11) is 0. The van der Waals surface area contributed by atoms with Gasteiger partial charge in [0.25, 0.3) is 5.97 Å². The van der Waals surface area contributed by atoms with Crippen LogP contribution in [0.15, 0.2) is 46.9 Å². The van der Waals surface area contributed by atoms with Crippen molar-refractivity contribution < 1.29 is 24.3 Å². The number of pyridine rings is 1.